The van der Waals surface area contributed by atoms with Crippen molar-refractivity contribution < 1.29 is 29.6 Å². The van der Waals surface area contributed by atoms with E-state index in [0.29, 0.717) is 0 Å². The van der Waals surface area contributed by atoms with E-state index < -0.39 is 29.6 Å². The summed E-state index contributed by atoms with van der Waals surface area (Å²) in [5.41, 5.74) is 0. The second-order valence-corrected chi connectivity index (χ2v) is 11.7. The van der Waals surface area contributed by atoms with Crippen LogP contribution in [0.4, 0.5) is 0 Å². The van der Waals surface area contributed by atoms with E-state index in [2.05, 4.69) is 0 Å². The van der Waals surface area contributed by atoms with Gasteiger partial charge in [-0.3, -0.25) is 0 Å². The van der Waals surface area contributed by atoms with Crippen LogP contribution in [0.15, 0.2) is 0 Å². The minimum absolute atomic E-state index is 2.11. The zero-order chi connectivity index (χ0) is 3.58. The topological polar surface area (TPSA) is 0 Å². The molecule has 0 aromatic heterocycles. The van der Waals surface area contributed by atoms with Crippen molar-refractivity contribution in [2.24, 2.45) is 0 Å². The van der Waals surface area contributed by atoms with Crippen LogP contribution in [-0.2, 0) is 0 Å². The summed E-state index contributed by atoms with van der Waals surface area (Å²) in [6.07, 6.45) is 0. The molecule has 0 saturated heterocycles. The third-order valence-corrected chi connectivity index (χ3v) is 0. The van der Waals surface area contributed by atoms with E-state index in [4.69, 9.17) is 17.7 Å². The van der Waals surface area contributed by atoms with Crippen LogP contribution in [0.2, 0.25) is 0 Å². The van der Waals surface area contributed by atoms with E-state index in [1.807, 2.05) is 0 Å². The Morgan fingerprint density at radius 1 is 1.00 bits per heavy atom. The Morgan fingerprint density at radius 3 is 1.00 bits per heavy atom. The van der Waals surface area contributed by atoms with Gasteiger partial charge in [0.15, 0.2) is 0 Å². The molecule has 0 aromatic rings. The number of hydrogen-bond donors (Lipinski definition) is 0. The molecule has 4 heavy (non-hydrogen) atoms. The molecule has 0 N–H and O–H groups in total. The van der Waals surface area contributed by atoms with Gasteiger partial charge in [0, 0.05) is 0 Å². The van der Waals surface area contributed by atoms with Gasteiger partial charge in [-0.15, -0.1) is 0 Å². The summed E-state index contributed by atoms with van der Waals surface area (Å²) >= 11 is -2.11. The number of hydrogen-bond acceptors (Lipinski definition) is 0. The van der Waals surface area contributed by atoms with Gasteiger partial charge in [-0.2, -0.15) is 0 Å². The normalized spacial score (nSPS) is 9.00. The van der Waals surface area contributed by atoms with Crippen molar-refractivity contribution in [1.29, 1.82) is 0 Å². The average Bonchev–Trinajstić information content (AvgIpc) is 0.811. The van der Waals surface area contributed by atoms with Crippen LogP contribution in [0.3, 0.4) is 0 Å². The predicted octanol–water partition coefficient (Wildman–Crippen LogP) is 2.07. The Hall–Kier alpha value is 2.21. The van der Waals surface area contributed by atoms with Crippen LogP contribution in [0.1, 0.15) is 0 Å². The van der Waals surface area contributed by atoms with Crippen LogP contribution < -0.4 is 0 Å². The van der Waals surface area contributed by atoms with Gasteiger partial charge >= 0.3 is 47.2 Å². The molecule has 0 amide bonds. The molecule has 0 aromatic carbocycles. The molecule has 0 rings (SSSR count). The van der Waals surface area contributed by atoms with E-state index in [-0.39, 0.29) is 0 Å². The first-order valence-electron chi connectivity index (χ1n) is 0.463. The molecule has 0 nitrogen and oxygen atoms in total. The average molecular weight is 257 g/mol. The molecule has 0 spiro atoms. The second-order valence-electron chi connectivity index (χ2n) is 0.175. The van der Waals surface area contributed by atoms with E-state index in [9.17, 15) is 0 Å². The van der Waals surface area contributed by atoms with Crippen molar-refractivity contribution in [2.75, 3.05) is 0 Å². The van der Waals surface area contributed by atoms with Gasteiger partial charge in [0.1, 0.15) is 0 Å². The fourth-order valence-electron chi connectivity index (χ4n) is 0. The molecule has 0 radical (unpaired) electrons. The molecule has 0 unspecified atom stereocenters. The monoisotopic (exact) mass is 257 g/mol. The molecule has 0 saturated carbocycles. The summed E-state index contributed by atoms with van der Waals surface area (Å²) in [4.78, 5) is 0. The van der Waals surface area contributed by atoms with Gasteiger partial charge in [-0.25, -0.2) is 0 Å². The number of halogens is 3. The number of rotatable bonds is 0. The van der Waals surface area contributed by atoms with Gasteiger partial charge in [0.05, 0.1) is 0 Å². The Balaban J connectivity index is 2.32. The first-order chi connectivity index (χ1) is 1.73. The van der Waals surface area contributed by atoms with E-state index in [1.165, 1.54) is 0 Å². The van der Waals surface area contributed by atoms with Crippen molar-refractivity contribution in [2.45, 2.75) is 0 Å². The first-order valence-corrected chi connectivity index (χ1v) is 10.3. The molecule has 0 bridgehead atoms. The van der Waals surface area contributed by atoms with Crippen LogP contribution in [-0.4, -0.2) is 0 Å². The summed E-state index contributed by atoms with van der Waals surface area (Å²) in [5.74, 6) is 15.0. The zero-order valence-electron chi connectivity index (χ0n) is 1.54. The van der Waals surface area contributed by atoms with Gasteiger partial charge in [-0.1, -0.05) is 0 Å². The Kier molecular flexibility index (Phi) is 5.28. The fourth-order valence-corrected chi connectivity index (χ4v) is 0. The SMILES string of the molecule is [Cl][Sm]([Cl])[Cl]. The molecule has 27 valence electrons. The quantitative estimate of drug-likeness (QED) is 0.623. The van der Waals surface area contributed by atoms with E-state index in [0.717, 1.165) is 0 Å². The summed E-state index contributed by atoms with van der Waals surface area (Å²) in [6.45, 7) is 0. The van der Waals surface area contributed by atoms with Crippen molar-refractivity contribution >= 4 is 17.7 Å². The minimum atomic E-state index is -2.11. The van der Waals surface area contributed by atoms with Crippen molar-refractivity contribution in [3.05, 3.63) is 0 Å². The standard InChI is InChI=1S/3ClH.Sm/h3*1H;/q;;;+3/p-3. The molecule has 0 atom stereocenters. The maximum absolute atomic E-state index is 5.00. The molecular weight excluding hydrogens is 257 g/mol. The van der Waals surface area contributed by atoms with Crippen molar-refractivity contribution in [3.8, 4) is 0 Å². The first kappa shape index (κ1) is 6.21. The Bertz CT molecular complexity index is 8.00. The van der Waals surface area contributed by atoms with Crippen molar-refractivity contribution in [3.63, 3.8) is 0 Å². The summed E-state index contributed by atoms with van der Waals surface area (Å²) in [6, 6.07) is 0. The third-order valence-electron chi connectivity index (χ3n) is 0. The van der Waals surface area contributed by atoms with E-state index >= 15 is 0 Å². The zero-order valence-corrected chi connectivity index (χ0v) is 6.43. The molecule has 0 aliphatic heterocycles. The third kappa shape index (κ3) is 8.88. The molecular formula is Cl3Sm. The summed E-state index contributed by atoms with van der Waals surface area (Å²) < 4.78 is 0. The second kappa shape index (κ2) is 3.40. The van der Waals surface area contributed by atoms with Crippen molar-refractivity contribution in [1.82, 2.24) is 0 Å². The Labute approximate surface area is 46.0 Å². The molecule has 0 fully saturated rings. The van der Waals surface area contributed by atoms with Crippen LogP contribution in [0.25, 0.3) is 0 Å². The van der Waals surface area contributed by atoms with Gasteiger partial charge in [0.25, 0.3) is 0 Å². The molecule has 0 aliphatic carbocycles. The van der Waals surface area contributed by atoms with Crippen LogP contribution in [0.5, 0.6) is 0 Å². The van der Waals surface area contributed by atoms with Crippen LogP contribution in [0, 0.1) is 29.6 Å². The van der Waals surface area contributed by atoms with Crippen LogP contribution >= 0.6 is 17.7 Å². The predicted molar refractivity (Wildman–Crippen MR) is 17.6 cm³/mol. The molecule has 4 heteroatoms. The van der Waals surface area contributed by atoms with Gasteiger partial charge in [-0.05, 0) is 0 Å². The fraction of sp³-hybridized carbons (Fsp3) is 0. The molecule has 0 aliphatic rings. The molecule has 0 heterocycles. The van der Waals surface area contributed by atoms with E-state index in [1.54, 1.807) is 0 Å². The van der Waals surface area contributed by atoms with Gasteiger partial charge in [0.2, 0.25) is 0 Å². The maximum atomic E-state index is 5.00. The summed E-state index contributed by atoms with van der Waals surface area (Å²) in [5, 5.41) is 0. The summed E-state index contributed by atoms with van der Waals surface area (Å²) in [7, 11) is 0. The van der Waals surface area contributed by atoms with Gasteiger partial charge < -0.3 is 0 Å². The Morgan fingerprint density at radius 2 is 1.00 bits per heavy atom.